The molecule has 370 valence electrons. The second-order valence-corrected chi connectivity index (χ2v) is 16.7. The summed E-state index contributed by atoms with van der Waals surface area (Å²) in [6.07, 6.45) is 3.97. The fraction of sp³-hybridized carbons (Fsp3) is 0.581. The van der Waals surface area contributed by atoms with Crippen LogP contribution in [0.2, 0.25) is 0 Å². The number of phenols is 1. The molecule has 1 aromatic carbocycles. The first-order valence-corrected chi connectivity index (χ1v) is 22.2. The molecule has 0 unspecified atom stereocenters. The van der Waals surface area contributed by atoms with Crippen LogP contribution < -0.4 is 48.7 Å². The molecule has 0 radical (unpaired) electrons. The summed E-state index contributed by atoms with van der Waals surface area (Å²) in [5, 5.41) is 47.4. The van der Waals surface area contributed by atoms with Gasteiger partial charge in [-0.3, -0.25) is 38.6 Å². The van der Waals surface area contributed by atoms with Crippen molar-refractivity contribution in [3.63, 3.8) is 0 Å². The molecule has 1 aliphatic heterocycles. The topological polar surface area (TPSA) is 378 Å². The molecule has 15 N–H and O–H groups in total. The van der Waals surface area contributed by atoms with Crippen molar-refractivity contribution >= 4 is 53.3 Å². The SMILES string of the molecule is CC[C@H](C)[C@H](NC(=O)[C@H](Cc1ccc(O)cc1)NC(=O)[C@@H](NC(=O)[C@H](CCCN=C(N)N)NC(=O)CNC)C(C)C)C(=O)N[C@@H](Cc1cnc[nH]1)C(=O)N1CCC[C@H]1C(=O)N[C@@H](CO)C(=O)O. The van der Waals surface area contributed by atoms with E-state index in [9.17, 15) is 53.7 Å². The molecule has 0 spiro atoms. The monoisotopic (exact) mass is 942 g/mol. The van der Waals surface area contributed by atoms with Crippen molar-refractivity contribution in [1.29, 1.82) is 0 Å². The first-order chi connectivity index (χ1) is 31.8. The predicted molar refractivity (Wildman–Crippen MR) is 243 cm³/mol. The molecular formula is C43H67N13O11. The van der Waals surface area contributed by atoms with Crippen LogP contribution in [0.3, 0.4) is 0 Å². The highest BCUT2D eigenvalue weighted by Crippen LogP contribution is 2.21. The van der Waals surface area contributed by atoms with Crippen LogP contribution in [0.4, 0.5) is 0 Å². The predicted octanol–water partition coefficient (Wildman–Crippen LogP) is -3.15. The van der Waals surface area contributed by atoms with Gasteiger partial charge in [0.2, 0.25) is 41.4 Å². The fourth-order valence-corrected chi connectivity index (χ4v) is 7.30. The van der Waals surface area contributed by atoms with Crippen LogP contribution >= 0.6 is 0 Å². The second-order valence-electron chi connectivity index (χ2n) is 16.7. The molecule has 1 aromatic heterocycles. The van der Waals surface area contributed by atoms with Crippen molar-refractivity contribution in [2.75, 3.05) is 33.3 Å². The lowest BCUT2D eigenvalue weighted by atomic mass is 9.96. The highest BCUT2D eigenvalue weighted by molar-refractivity contribution is 5.98. The Morgan fingerprint density at radius 3 is 2.07 bits per heavy atom. The lowest BCUT2D eigenvalue weighted by Gasteiger charge is -2.32. The van der Waals surface area contributed by atoms with Crippen LogP contribution in [0.15, 0.2) is 41.8 Å². The number of guanidine groups is 1. The summed E-state index contributed by atoms with van der Waals surface area (Å²) in [5.74, 6) is -7.65. The molecular weight excluding hydrogens is 875 g/mol. The van der Waals surface area contributed by atoms with E-state index < -0.39 is 108 Å². The van der Waals surface area contributed by atoms with Crippen molar-refractivity contribution in [2.45, 2.75) is 115 Å². The number of rotatable bonds is 27. The Bertz CT molecular complexity index is 2010. The lowest BCUT2D eigenvalue weighted by molar-refractivity contribution is -0.145. The van der Waals surface area contributed by atoms with Gasteiger partial charge in [0.1, 0.15) is 48.0 Å². The number of likely N-dealkylation sites (N-methyl/N-ethyl adjacent to an activating group) is 1. The van der Waals surface area contributed by atoms with E-state index in [0.29, 0.717) is 30.5 Å². The number of aromatic hydroxyl groups is 1. The number of carbonyl (C=O) groups excluding carboxylic acids is 7. The van der Waals surface area contributed by atoms with Crippen molar-refractivity contribution in [2.24, 2.45) is 28.3 Å². The van der Waals surface area contributed by atoms with E-state index in [2.05, 4.69) is 52.2 Å². The molecule has 67 heavy (non-hydrogen) atoms. The van der Waals surface area contributed by atoms with E-state index in [-0.39, 0.29) is 57.0 Å². The van der Waals surface area contributed by atoms with Crippen LogP contribution in [0.25, 0.3) is 0 Å². The highest BCUT2D eigenvalue weighted by atomic mass is 16.4. The fourth-order valence-electron chi connectivity index (χ4n) is 7.30. The van der Waals surface area contributed by atoms with Gasteiger partial charge in [0.25, 0.3) is 0 Å². The van der Waals surface area contributed by atoms with Gasteiger partial charge in [-0.05, 0) is 62.3 Å². The molecule has 0 saturated carbocycles. The standard InChI is InChI=1S/C43H67N13O11/c1-6-24(4)35(40(64)52-30(18-26-19-47-22-49-26)41(65)56-16-8-10-32(56)38(62)53-31(21-57)42(66)67)55-37(61)29(17-25-11-13-27(58)14-12-25)51-39(63)34(23(2)3)54-36(60)28(50-33(59)20-46-5)9-7-15-48-43(44)45/h11-14,19,22-24,28-32,34-35,46,57-58H,6-10,15-18,20-21H2,1-5H3,(H,47,49)(H,50,59)(H,51,63)(H,52,64)(H,53,62)(H,54,60)(H,55,61)(H,66,67)(H4,44,45,48)/t24-,28-,29-,30-,31-,32-,34-,35-/m0/s1. The smallest absolute Gasteiger partial charge is 0.328 e. The van der Waals surface area contributed by atoms with Crippen LogP contribution in [-0.2, 0) is 51.2 Å². The third kappa shape index (κ3) is 17.2. The summed E-state index contributed by atoms with van der Waals surface area (Å²) in [7, 11) is 1.56. The molecule has 0 bridgehead atoms. The molecule has 7 amide bonds. The van der Waals surface area contributed by atoms with E-state index in [1.54, 1.807) is 46.9 Å². The molecule has 1 fully saturated rings. The number of aliphatic carboxylic acids is 1. The van der Waals surface area contributed by atoms with Crippen molar-refractivity contribution in [3.05, 3.63) is 48.0 Å². The number of carbonyl (C=O) groups is 8. The maximum atomic E-state index is 14.4. The van der Waals surface area contributed by atoms with Crippen LogP contribution in [-0.4, -0.2) is 159 Å². The number of nitrogens with zero attached hydrogens (tertiary/aromatic N) is 3. The number of aromatic nitrogens is 2. The zero-order valence-corrected chi connectivity index (χ0v) is 38.5. The van der Waals surface area contributed by atoms with Gasteiger partial charge in [-0.15, -0.1) is 0 Å². The van der Waals surface area contributed by atoms with E-state index in [1.165, 1.54) is 29.6 Å². The molecule has 0 aliphatic carbocycles. The summed E-state index contributed by atoms with van der Waals surface area (Å²) in [5.41, 5.74) is 11.8. The number of nitrogens with one attached hydrogen (secondary N) is 8. The zero-order chi connectivity index (χ0) is 49.8. The van der Waals surface area contributed by atoms with E-state index in [0.717, 1.165) is 0 Å². The third-order valence-electron chi connectivity index (χ3n) is 11.2. The number of aliphatic imine (C=N–C) groups is 1. The van der Waals surface area contributed by atoms with Gasteiger partial charge in [-0.2, -0.15) is 0 Å². The Kier molecular flexibility index (Phi) is 21.9. The lowest BCUT2D eigenvalue weighted by Crippen LogP contribution is -2.62. The normalized spacial score (nSPS) is 16.5. The minimum atomic E-state index is -1.60. The molecule has 2 heterocycles. The molecule has 1 aliphatic rings. The number of hydrogen-bond donors (Lipinski definition) is 13. The molecule has 2 aromatic rings. The van der Waals surface area contributed by atoms with Gasteiger partial charge in [0.05, 0.1) is 19.5 Å². The third-order valence-corrected chi connectivity index (χ3v) is 11.2. The largest absolute Gasteiger partial charge is 0.508 e. The minimum absolute atomic E-state index is 0.0470. The Labute approximate surface area is 388 Å². The first-order valence-electron chi connectivity index (χ1n) is 22.2. The zero-order valence-electron chi connectivity index (χ0n) is 38.5. The van der Waals surface area contributed by atoms with E-state index in [4.69, 9.17) is 11.5 Å². The van der Waals surface area contributed by atoms with Gasteiger partial charge < -0.3 is 73.9 Å². The summed E-state index contributed by atoms with van der Waals surface area (Å²) in [4.78, 5) is 120. The highest BCUT2D eigenvalue weighted by Gasteiger charge is 2.41. The number of imidazole rings is 1. The summed E-state index contributed by atoms with van der Waals surface area (Å²) < 4.78 is 0. The number of benzene rings is 1. The number of aromatic amines is 1. The average molecular weight is 942 g/mol. The van der Waals surface area contributed by atoms with Crippen molar-refractivity contribution < 1.29 is 53.7 Å². The minimum Gasteiger partial charge on any atom is -0.508 e. The Morgan fingerprint density at radius 2 is 1.49 bits per heavy atom. The summed E-state index contributed by atoms with van der Waals surface area (Å²) >= 11 is 0. The molecule has 3 rings (SSSR count). The molecule has 24 nitrogen and oxygen atoms in total. The number of phenolic OH excluding ortho intramolecular Hbond substituents is 1. The number of amides is 7. The number of carboxylic acids is 1. The van der Waals surface area contributed by atoms with Gasteiger partial charge in [-0.1, -0.05) is 46.2 Å². The number of likely N-dealkylation sites (tertiary alicyclic amines) is 1. The number of carboxylic acid groups (broad SMARTS) is 1. The van der Waals surface area contributed by atoms with E-state index >= 15 is 0 Å². The number of aliphatic hydroxyl groups excluding tert-OH is 1. The van der Waals surface area contributed by atoms with Gasteiger partial charge in [-0.25, -0.2) is 9.78 Å². The van der Waals surface area contributed by atoms with Crippen LogP contribution in [0, 0.1) is 11.8 Å². The molecule has 1 saturated heterocycles. The number of hydrogen-bond acceptors (Lipinski definition) is 13. The maximum Gasteiger partial charge on any atom is 0.328 e. The van der Waals surface area contributed by atoms with E-state index in [1.807, 2.05) is 0 Å². The Morgan fingerprint density at radius 1 is 0.851 bits per heavy atom. The number of aliphatic hydroxyl groups is 1. The van der Waals surface area contributed by atoms with Gasteiger partial charge in [0.15, 0.2) is 5.96 Å². The Hall–Kier alpha value is -6.82. The second kappa shape index (κ2) is 27.0. The maximum absolute atomic E-state index is 14.4. The first kappa shape index (κ1) is 54.5. The summed E-state index contributed by atoms with van der Waals surface area (Å²) in [6.45, 7) is 6.17. The van der Waals surface area contributed by atoms with Crippen molar-refractivity contribution in [3.8, 4) is 5.75 Å². The van der Waals surface area contributed by atoms with Crippen molar-refractivity contribution in [1.82, 2.24) is 52.1 Å². The van der Waals surface area contributed by atoms with Crippen LogP contribution in [0.5, 0.6) is 5.75 Å². The summed E-state index contributed by atoms with van der Waals surface area (Å²) in [6, 6.07) is -3.06. The quantitative estimate of drug-likeness (QED) is 0.0239. The van der Waals surface area contributed by atoms with Gasteiger partial charge in [0, 0.05) is 37.8 Å². The molecule has 8 atom stereocenters. The van der Waals surface area contributed by atoms with Crippen LogP contribution in [0.1, 0.15) is 71.1 Å². The van der Waals surface area contributed by atoms with Gasteiger partial charge >= 0.3 is 5.97 Å². The number of nitrogens with two attached hydrogens (primary N) is 2. The number of H-pyrrole nitrogens is 1. The molecule has 24 heteroatoms. The Balaban J connectivity index is 1.92. The average Bonchev–Trinajstić information content (AvgIpc) is 4.00.